The molecule has 0 bridgehead atoms. The van der Waals surface area contributed by atoms with Gasteiger partial charge < -0.3 is 9.87 Å². The summed E-state index contributed by atoms with van der Waals surface area (Å²) in [4.78, 5) is 11.5. The summed E-state index contributed by atoms with van der Waals surface area (Å²) in [7, 11) is 0. The largest absolute Gasteiger partial charge is 0.616 e. The van der Waals surface area contributed by atoms with Crippen LogP contribution in [0.1, 0.15) is 16.4 Å². The normalized spacial score (nSPS) is 21.6. The van der Waals surface area contributed by atoms with Crippen molar-refractivity contribution in [1.82, 2.24) is 0 Å². The standard InChI is InChI=1S/C10H11NO2S/c1-6-3-4-8-7(5-6)9(14(2)13)10(12)11-8/h3-5,9H,1-2H3,(H,11,12). The summed E-state index contributed by atoms with van der Waals surface area (Å²) in [5.74, 6) is -0.161. The second kappa shape index (κ2) is 3.29. The molecule has 0 radical (unpaired) electrons. The summed E-state index contributed by atoms with van der Waals surface area (Å²) < 4.78 is 11.4. The highest BCUT2D eigenvalue weighted by molar-refractivity contribution is 7.91. The SMILES string of the molecule is Cc1ccc2c(c1)C([S+](C)[O-])C(=O)N2. The van der Waals surface area contributed by atoms with Gasteiger partial charge >= 0.3 is 0 Å². The van der Waals surface area contributed by atoms with Crippen molar-refractivity contribution >= 4 is 22.8 Å². The smallest absolute Gasteiger partial charge is 0.282 e. The maximum atomic E-state index is 11.5. The fourth-order valence-electron chi connectivity index (χ4n) is 1.68. The fraction of sp³-hybridized carbons (Fsp3) is 0.300. The van der Waals surface area contributed by atoms with Crippen molar-refractivity contribution in [3.8, 4) is 0 Å². The maximum Gasteiger partial charge on any atom is 0.282 e. The van der Waals surface area contributed by atoms with Crippen LogP contribution >= 0.6 is 0 Å². The molecular weight excluding hydrogens is 198 g/mol. The summed E-state index contributed by atoms with van der Waals surface area (Å²) in [5, 5.41) is 2.23. The van der Waals surface area contributed by atoms with Crippen molar-refractivity contribution in [3.63, 3.8) is 0 Å². The van der Waals surface area contributed by atoms with E-state index in [1.54, 1.807) is 6.26 Å². The Balaban J connectivity index is 2.50. The van der Waals surface area contributed by atoms with E-state index >= 15 is 0 Å². The minimum atomic E-state index is -1.15. The molecule has 2 atom stereocenters. The Bertz CT molecular complexity index is 390. The van der Waals surface area contributed by atoms with Gasteiger partial charge in [0.05, 0.1) is 6.26 Å². The number of rotatable bonds is 1. The molecule has 1 aromatic rings. The van der Waals surface area contributed by atoms with E-state index in [2.05, 4.69) is 5.32 Å². The number of hydrogen-bond acceptors (Lipinski definition) is 2. The number of carbonyl (C=O) groups excluding carboxylic acids is 1. The van der Waals surface area contributed by atoms with Gasteiger partial charge in [-0.15, -0.1) is 0 Å². The molecule has 74 valence electrons. The average molecular weight is 209 g/mol. The number of carbonyl (C=O) groups is 1. The van der Waals surface area contributed by atoms with Crippen LogP contribution in [0.5, 0.6) is 0 Å². The van der Waals surface area contributed by atoms with Crippen LogP contribution in [0.4, 0.5) is 5.69 Å². The number of nitrogens with one attached hydrogen (secondary N) is 1. The van der Waals surface area contributed by atoms with Crippen molar-refractivity contribution in [1.29, 1.82) is 0 Å². The molecule has 3 nitrogen and oxygen atoms in total. The van der Waals surface area contributed by atoms with E-state index in [1.165, 1.54) is 0 Å². The number of fused-ring (bicyclic) bond motifs is 1. The van der Waals surface area contributed by atoms with Gasteiger partial charge in [-0.1, -0.05) is 11.6 Å². The molecule has 0 aliphatic carbocycles. The first-order valence-corrected chi connectivity index (χ1v) is 5.95. The average Bonchev–Trinajstić information content (AvgIpc) is 2.40. The van der Waals surface area contributed by atoms with Gasteiger partial charge in [0.1, 0.15) is 0 Å². The molecule has 1 N–H and O–H groups in total. The van der Waals surface area contributed by atoms with Crippen LogP contribution in [0.3, 0.4) is 0 Å². The molecular formula is C10H11NO2S. The summed E-state index contributed by atoms with van der Waals surface area (Å²) in [6, 6.07) is 5.70. The Kier molecular flexibility index (Phi) is 2.25. The van der Waals surface area contributed by atoms with Gasteiger partial charge in [0.15, 0.2) is 0 Å². The van der Waals surface area contributed by atoms with Gasteiger partial charge in [-0.05, 0) is 30.2 Å². The summed E-state index contributed by atoms with van der Waals surface area (Å²) in [6.45, 7) is 1.96. The minimum Gasteiger partial charge on any atom is -0.616 e. The highest BCUT2D eigenvalue weighted by Crippen LogP contribution is 2.36. The number of aryl methyl sites for hydroxylation is 1. The zero-order valence-corrected chi connectivity index (χ0v) is 8.85. The predicted octanol–water partition coefficient (Wildman–Crippen LogP) is 1.37. The van der Waals surface area contributed by atoms with Gasteiger partial charge in [-0.25, -0.2) is 0 Å². The van der Waals surface area contributed by atoms with Crippen LogP contribution in [0.2, 0.25) is 0 Å². The monoisotopic (exact) mass is 209 g/mol. The molecule has 4 heteroatoms. The fourth-order valence-corrected chi connectivity index (χ4v) is 2.59. The third kappa shape index (κ3) is 1.40. The predicted molar refractivity (Wildman–Crippen MR) is 56.6 cm³/mol. The van der Waals surface area contributed by atoms with Crippen LogP contribution in [0, 0.1) is 6.92 Å². The maximum absolute atomic E-state index is 11.5. The first-order valence-electron chi connectivity index (χ1n) is 4.33. The van der Waals surface area contributed by atoms with Crippen LogP contribution in [-0.4, -0.2) is 16.7 Å². The number of benzene rings is 1. The van der Waals surface area contributed by atoms with E-state index in [9.17, 15) is 9.35 Å². The van der Waals surface area contributed by atoms with E-state index in [0.29, 0.717) is 0 Å². The van der Waals surface area contributed by atoms with Gasteiger partial charge in [0.2, 0.25) is 5.25 Å². The van der Waals surface area contributed by atoms with Gasteiger partial charge in [0, 0.05) is 11.3 Å². The summed E-state index contributed by atoms with van der Waals surface area (Å²) >= 11 is -1.15. The van der Waals surface area contributed by atoms with E-state index in [4.69, 9.17) is 0 Å². The lowest BCUT2D eigenvalue weighted by atomic mass is 10.1. The molecule has 1 amide bonds. The second-order valence-electron chi connectivity index (χ2n) is 3.46. The summed E-state index contributed by atoms with van der Waals surface area (Å²) in [5.41, 5.74) is 2.73. The Morgan fingerprint density at radius 1 is 1.50 bits per heavy atom. The Labute approximate surface area is 85.7 Å². The number of hydrogen-bond donors (Lipinski definition) is 1. The lowest BCUT2D eigenvalue weighted by molar-refractivity contribution is -0.115. The van der Waals surface area contributed by atoms with Crippen molar-refractivity contribution < 1.29 is 9.35 Å². The zero-order valence-electron chi connectivity index (χ0n) is 8.03. The van der Waals surface area contributed by atoms with Crippen LogP contribution in [0.25, 0.3) is 0 Å². The molecule has 0 aromatic heterocycles. The first-order chi connectivity index (χ1) is 6.59. The van der Waals surface area contributed by atoms with Crippen molar-refractivity contribution in [2.24, 2.45) is 0 Å². The first kappa shape index (κ1) is 9.55. The molecule has 0 saturated heterocycles. The van der Waals surface area contributed by atoms with E-state index in [1.807, 2.05) is 25.1 Å². The zero-order chi connectivity index (χ0) is 10.3. The van der Waals surface area contributed by atoms with Gasteiger partial charge in [0.25, 0.3) is 5.91 Å². The molecule has 2 rings (SSSR count). The Morgan fingerprint density at radius 2 is 2.21 bits per heavy atom. The third-order valence-electron chi connectivity index (χ3n) is 2.32. The van der Waals surface area contributed by atoms with Crippen molar-refractivity contribution in [2.75, 3.05) is 11.6 Å². The van der Waals surface area contributed by atoms with Crippen molar-refractivity contribution in [3.05, 3.63) is 29.3 Å². The molecule has 0 fully saturated rings. The molecule has 1 aromatic carbocycles. The minimum absolute atomic E-state index is 0.161. The molecule has 0 saturated carbocycles. The van der Waals surface area contributed by atoms with E-state index in [-0.39, 0.29) is 5.91 Å². The van der Waals surface area contributed by atoms with Crippen LogP contribution in [0.15, 0.2) is 18.2 Å². The molecule has 1 aliphatic rings. The highest BCUT2D eigenvalue weighted by Gasteiger charge is 2.37. The lowest BCUT2D eigenvalue weighted by Crippen LogP contribution is -2.19. The molecule has 1 aliphatic heterocycles. The quantitative estimate of drug-likeness (QED) is 0.710. The third-order valence-corrected chi connectivity index (χ3v) is 3.45. The molecule has 14 heavy (non-hydrogen) atoms. The second-order valence-corrected chi connectivity index (χ2v) is 4.93. The lowest BCUT2D eigenvalue weighted by Gasteiger charge is -2.11. The molecule has 1 heterocycles. The highest BCUT2D eigenvalue weighted by atomic mass is 32.2. The van der Waals surface area contributed by atoms with Gasteiger partial charge in [-0.2, -0.15) is 0 Å². The van der Waals surface area contributed by atoms with Crippen LogP contribution < -0.4 is 5.32 Å². The summed E-state index contributed by atoms with van der Waals surface area (Å²) in [6.07, 6.45) is 1.56. The van der Waals surface area contributed by atoms with Crippen molar-refractivity contribution in [2.45, 2.75) is 12.2 Å². The van der Waals surface area contributed by atoms with E-state index in [0.717, 1.165) is 16.8 Å². The number of anilines is 1. The Hall–Kier alpha value is -1.00. The Morgan fingerprint density at radius 3 is 2.86 bits per heavy atom. The topological polar surface area (TPSA) is 52.2 Å². The van der Waals surface area contributed by atoms with Crippen LogP contribution in [-0.2, 0) is 16.0 Å². The molecule has 2 unspecified atom stereocenters. The number of amides is 1. The molecule has 0 spiro atoms. The van der Waals surface area contributed by atoms with E-state index < -0.39 is 16.4 Å². The van der Waals surface area contributed by atoms with Gasteiger partial charge in [-0.3, -0.25) is 4.79 Å².